The molecule has 0 aliphatic carbocycles. The lowest BCUT2D eigenvalue weighted by atomic mass is 10.0. The Balaban J connectivity index is 0.00000225. The van der Waals surface area contributed by atoms with Crippen LogP contribution in [0.1, 0.15) is 27.5 Å². The van der Waals surface area contributed by atoms with Gasteiger partial charge in [-0.3, -0.25) is 4.79 Å². The zero-order chi connectivity index (χ0) is 17.1. The molecule has 25 heavy (non-hydrogen) atoms. The van der Waals surface area contributed by atoms with Crippen molar-refractivity contribution in [2.75, 3.05) is 26.7 Å². The number of para-hydroxylation sites is 1. The zero-order valence-electron chi connectivity index (χ0n) is 14.3. The van der Waals surface area contributed by atoms with E-state index in [1.807, 2.05) is 31.2 Å². The summed E-state index contributed by atoms with van der Waals surface area (Å²) in [5.74, 6) is -0.0368. The van der Waals surface area contributed by atoms with Crippen LogP contribution in [0.15, 0.2) is 42.5 Å². The molecule has 0 radical (unpaired) electrons. The number of piperazine rings is 1. The standard InChI is InChI=1S/C19H21FN2O2.ClH/c1-13-7-8-16(20)15(11-13)19(23)22-10-9-21-12-17(22)14-5-3-4-6-18(14)24-2;/h3-8,11,17,21H,9-10,12H2,1-2H3;1H. The number of carbonyl (C=O) groups is 1. The molecule has 3 rings (SSSR count). The number of hydrogen-bond donors (Lipinski definition) is 1. The maximum atomic E-state index is 14.2. The van der Waals surface area contributed by atoms with Crippen molar-refractivity contribution in [3.8, 4) is 5.75 Å². The predicted octanol–water partition coefficient (Wildman–Crippen LogP) is 3.35. The average molecular weight is 365 g/mol. The molecule has 0 bridgehead atoms. The van der Waals surface area contributed by atoms with Crippen LogP contribution in [-0.2, 0) is 0 Å². The van der Waals surface area contributed by atoms with Gasteiger partial charge >= 0.3 is 0 Å². The Morgan fingerprint density at radius 3 is 2.80 bits per heavy atom. The number of benzene rings is 2. The maximum Gasteiger partial charge on any atom is 0.257 e. The second-order valence-corrected chi connectivity index (χ2v) is 5.94. The van der Waals surface area contributed by atoms with Gasteiger partial charge in [-0.2, -0.15) is 0 Å². The minimum atomic E-state index is -0.483. The molecule has 1 heterocycles. The first-order valence-corrected chi connectivity index (χ1v) is 8.02. The summed E-state index contributed by atoms with van der Waals surface area (Å²) >= 11 is 0. The molecule has 1 saturated heterocycles. The number of nitrogens with one attached hydrogen (secondary N) is 1. The maximum absolute atomic E-state index is 14.2. The molecule has 1 aliphatic rings. The highest BCUT2D eigenvalue weighted by molar-refractivity contribution is 5.95. The van der Waals surface area contributed by atoms with Crippen molar-refractivity contribution in [3.05, 3.63) is 65.0 Å². The minimum Gasteiger partial charge on any atom is -0.496 e. The summed E-state index contributed by atoms with van der Waals surface area (Å²) in [6.07, 6.45) is 0. The number of nitrogens with zero attached hydrogens (tertiary/aromatic N) is 1. The Kier molecular flexibility index (Phi) is 6.39. The first-order valence-electron chi connectivity index (χ1n) is 8.02. The molecule has 0 saturated carbocycles. The van der Waals surface area contributed by atoms with Gasteiger partial charge < -0.3 is 15.0 Å². The number of rotatable bonds is 3. The summed E-state index contributed by atoms with van der Waals surface area (Å²) in [6.45, 7) is 3.67. The van der Waals surface area contributed by atoms with E-state index in [0.29, 0.717) is 19.6 Å². The molecule has 0 spiro atoms. The highest BCUT2D eigenvalue weighted by atomic mass is 35.5. The van der Waals surface area contributed by atoms with Crippen LogP contribution in [0.25, 0.3) is 0 Å². The molecule has 0 aromatic heterocycles. The number of aryl methyl sites for hydroxylation is 1. The Morgan fingerprint density at radius 1 is 1.28 bits per heavy atom. The van der Waals surface area contributed by atoms with Crippen molar-refractivity contribution < 1.29 is 13.9 Å². The predicted molar refractivity (Wildman–Crippen MR) is 98.0 cm³/mol. The van der Waals surface area contributed by atoms with Gasteiger partial charge in [-0.1, -0.05) is 29.8 Å². The van der Waals surface area contributed by atoms with Crippen LogP contribution in [0.3, 0.4) is 0 Å². The second kappa shape index (κ2) is 8.32. The Morgan fingerprint density at radius 2 is 2.04 bits per heavy atom. The second-order valence-electron chi connectivity index (χ2n) is 5.94. The number of amides is 1. The number of methoxy groups -OCH3 is 1. The highest BCUT2D eigenvalue weighted by Gasteiger charge is 2.31. The van der Waals surface area contributed by atoms with E-state index in [2.05, 4.69) is 5.32 Å². The Hall–Kier alpha value is -2.11. The van der Waals surface area contributed by atoms with Crippen LogP contribution in [0.5, 0.6) is 5.75 Å². The zero-order valence-corrected chi connectivity index (χ0v) is 15.1. The molecule has 4 nitrogen and oxygen atoms in total. The number of ether oxygens (including phenoxy) is 1. The number of halogens is 2. The molecule has 1 fully saturated rings. The SMILES string of the molecule is COc1ccccc1C1CNCCN1C(=O)c1cc(C)ccc1F.Cl. The van der Waals surface area contributed by atoms with Gasteiger partial charge in [0.2, 0.25) is 0 Å². The molecular formula is C19H22ClFN2O2. The molecule has 134 valence electrons. The fraction of sp³-hybridized carbons (Fsp3) is 0.316. The largest absolute Gasteiger partial charge is 0.496 e. The molecule has 6 heteroatoms. The van der Waals surface area contributed by atoms with Crippen LogP contribution in [0, 0.1) is 12.7 Å². The normalized spacial score (nSPS) is 16.9. The third-order valence-electron chi connectivity index (χ3n) is 4.35. The van der Waals surface area contributed by atoms with E-state index in [0.717, 1.165) is 16.9 Å². The van der Waals surface area contributed by atoms with Gasteiger partial charge in [0.15, 0.2) is 0 Å². The van der Waals surface area contributed by atoms with E-state index in [4.69, 9.17) is 4.74 Å². The average Bonchev–Trinajstić information content (AvgIpc) is 2.63. The topological polar surface area (TPSA) is 41.6 Å². The van der Waals surface area contributed by atoms with Crippen molar-refractivity contribution in [2.24, 2.45) is 0 Å². The fourth-order valence-corrected chi connectivity index (χ4v) is 3.12. The van der Waals surface area contributed by atoms with E-state index in [1.165, 1.54) is 6.07 Å². The van der Waals surface area contributed by atoms with E-state index in [1.54, 1.807) is 24.1 Å². The van der Waals surface area contributed by atoms with Gasteiger partial charge in [0.25, 0.3) is 5.91 Å². The van der Waals surface area contributed by atoms with Crippen molar-refractivity contribution in [3.63, 3.8) is 0 Å². The number of hydrogen-bond acceptors (Lipinski definition) is 3. The van der Waals surface area contributed by atoms with Crippen LogP contribution >= 0.6 is 12.4 Å². The Labute approximate surface area is 153 Å². The van der Waals surface area contributed by atoms with Crippen molar-refractivity contribution in [2.45, 2.75) is 13.0 Å². The van der Waals surface area contributed by atoms with Crippen molar-refractivity contribution in [1.29, 1.82) is 0 Å². The Bertz CT molecular complexity index is 754. The van der Waals surface area contributed by atoms with Crippen molar-refractivity contribution in [1.82, 2.24) is 10.2 Å². The number of carbonyl (C=O) groups excluding carboxylic acids is 1. The van der Waals surface area contributed by atoms with Gasteiger partial charge in [-0.25, -0.2) is 4.39 Å². The lowest BCUT2D eigenvalue weighted by molar-refractivity contribution is 0.0626. The molecule has 1 atom stereocenters. The summed E-state index contributed by atoms with van der Waals surface area (Å²) in [6, 6.07) is 12.1. The van der Waals surface area contributed by atoms with E-state index < -0.39 is 5.82 Å². The van der Waals surface area contributed by atoms with Gasteiger partial charge in [-0.05, 0) is 25.1 Å². The molecular weight excluding hydrogens is 343 g/mol. The van der Waals surface area contributed by atoms with Gasteiger partial charge in [0, 0.05) is 25.2 Å². The lowest BCUT2D eigenvalue weighted by Gasteiger charge is -2.37. The van der Waals surface area contributed by atoms with Gasteiger partial charge in [0.1, 0.15) is 11.6 Å². The summed E-state index contributed by atoms with van der Waals surface area (Å²) in [5.41, 5.74) is 1.91. The molecule has 1 unspecified atom stereocenters. The molecule has 2 aromatic carbocycles. The van der Waals surface area contributed by atoms with Crippen LogP contribution in [0.2, 0.25) is 0 Å². The highest BCUT2D eigenvalue weighted by Crippen LogP contribution is 2.31. The van der Waals surface area contributed by atoms with E-state index >= 15 is 0 Å². The monoisotopic (exact) mass is 364 g/mol. The van der Waals surface area contributed by atoms with Crippen molar-refractivity contribution >= 4 is 18.3 Å². The third-order valence-corrected chi connectivity index (χ3v) is 4.35. The van der Waals surface area contributed by atoms with E-state index in [-0.39, 0.29) is 29.9 Å². The fourth-order valence-electron chi connectivity index (χ4n) is 3.12. The molecule has 1 amide bonds. The van der Waals surface area contributed by atoms with Gasteiger partial charge in [-0.15, -0.1) is 12.4 Å². The van der Waals surface area contributed by atoms with Crippen LogP contribution < -0.4 is 10.1 Å². The third kappa shape index (κ3) is 3.94. The smallest absolute Gasteiger partial charge is 0.257 e. The summed E-state index contributed by atoms with van der Waals surface area (Å²) < 4.78 is 19.6. The summed E-state index contributed by atoms with van der Waals surface area (Å²) in [5, 5.41) is 3.30. The minimum absolute atomic E-state index is 0. The molecule has 2 aromatic rings. The van der Waals surface area contributed by atoms with Crippen LogP contribution in [-0.4, -0.2) is 37.6 Å². The summed E-state index contributed by atoms with van der Waals surface area (Å²) in [7, 11) is 1.61. The summed E-state index contributed by atoms with van der Waals surface area (Å²) in [4.78, 5) is 14.7. The van der Waals surface area contributed by atoms with Gasteiger partial charge in [0.05, 0.1) is 18.7 Å². The first kappa shape index (κ1) is 19.2. The molecule has 1 aliphatic heterocycles. The molecule has 1 N–H and O–H groups in total. The van der Waals surface area contributed by atoms with E-state index in [9.17, 15) is 9.18 Å². The quantitative estimate of drug-likeness (QED) is 0.908. The first-order chi connectivity index (χ1) is 11.6. The lowest BCUT2D eigenvalue weighted by Crippen LogP contribution is -2.49. The van der Waals surface area contributed by atoms with Crippen LogP contribution in [0.4, 0.5) is 4.39 Å².